The lowest BCUT2D eigenvalue weighted by Gasteiger charge is -2.07. The summed E-state index contributed by atoms with van der Waals surface area (Å²) >= 11 is 2.98. The molecule has 4 nitrogen and oxygen atoms in total. The van der Waals surface area contributed by atoms with Gasteiger partial charge in [0.1, 0.15) is 5.82 Å². The molecule has 0 atom stereocenters. The second kappa shape index (κ2) is 5.90. The lowest BCUT2D eigenvalue weighted by molar-refractivity contribution is 0.576. The summed E-state index contributed by atoms with van der Waals surface area (Å²) in [4.78, 5) is -0.117. The Labute approximate surface area is 125 Å². The number of nitrogen functional groups attached to an aromatic ring is 1. The van der Waals surface area contributed by atoms with Crippen LogP contribution in [0.5, 0.6) is 0 Å². The van der Waals surface area contributed by atoms with Crippen molar-refractivity contribution in [2.45, 2.75) is 11.4 Å². The first-order valence-corrected chi connectivity index (χ1v) is 7.95. The maximum atomic E-state index is 13.4. The third kappa shape index (κ3) is 3.56. The van der Waals surface area contributed by atoms with Gasteiger partial charge in [0.15, 0.2) is 0 Å². The minimum atomic E-state index is -3.75. The monoisotopic (exact) mass is 358 g/mol. The van der Waals surface area contributed by atoms with Crippen LogP contribution in [0.4, 0.5) is 10.1 Å². The molecule has 7 heteroatoms. The van der Waals surface area contributed by atoms with Crippen molar-refractivity contribution in [3.63, 3.8) is 0 Å². The van der Waals surface area contributed by atoms with Gasteiger partial charge in [0, 0.05) is 12.2 Å². The van der Waals surface area contributed by atoms with E-state index in [0.717, 1.165) is 11.6 Å². The van der Waals surface area contributed by atoms with Crippen LogP contribution in [0.3, 0.4) is 0 Å². The smallest absolute Gasteiger partial charge is 0.240 e. The largest absolute Gasteiger partial charge is 0.399 e. The highest BCUT2D eigenvalue weighted by Crippen LogP contribution is 2.19. The van der Waals surface area contributed by atoms with Crippen molar-refractivity contribution in [2.24, 2.45) is 0 Å². The Kier molecular flexibility index (Phi) is 4.42. The van der Waals surface area contributed by atoms with Gasteiger partial charge in [-0.15, -0.1) is 0 Å². The Hall–Kier alpha value is -1.44. The molecule has 0 aromatic heterocycles. The summed E-state index contributed by atoms with van der Waals surface area (Å²) in [7, 11) is -3.75. The molecule has 0 aliphatic heterocycles. The molecule has 2 aromatic carbocycles. The van der Waals surface area contributed by atoms with Crippen molar-refractivity contribution >= 4 is 31.6 Å². The van der Waals surface area contributed by atoms with E-state index in [1.54, 1.807) is 24.3 Å². The topological polar surface area (TPSA) is 72.2 Å². The molecular weight excluding hydrogens is 347 g/mol. The van der Waals surface area contributed by atoms with Crippen LogP contribution >= 0.6 is 15.9 Å². The fraction of sp³-hybridized carbons (Fsp3) is 0.0769. The second-order valence-corrected chi connectivity index (χ2v) is 6.76. The zero-order valence-corrected chi connectivity index (χ0v) is 12.7. The third-order valence-electron chi connectivity index (χ3n) is 2.65. The number of nitrogens with two attached hydrogens (primary N) is 1. The van der Waals surface area contributed by atoms with Gasteiger partial charge < -0.3 is 5.73 Å². The van der Waals surface area contributed by atoms with Crippen molar-refractivity contribution in [1.29, 1.82) is 0 Å². The number of hydrogen-bond acceptors (Lipinski definition) is 3. The Morgan fingerprint density at radius 3 is 2.40 bits per heavy atom. The molecule has 0 aliphatic rings. The molecule has 0 radical (unpaired) electrons. The average molecular weight is 359 g/mol. The zero-order chi connectivity index (χ0) is 14.8. The van der Waals surface area contributed by atoms with Crippen LogP contribution in [-0.4, -0.2) is 8.42 Å². The fourth-order valence-corrected chi connectivity index (χ4v) is 2.82. The van der Waals surface area contributed by atoms with Crippen molar-refractivity contribution in [2.75, 3.05) is 5.73 Å². The lowest BCUT2D eigenvalue weighted by atomic mass is 10.2. The molecule has 3 N–H and O–H groups in total. The van der Waals surface area contributed by atoms with Crippen LogP contribution < -0.4 is 10.5 Å². The molecule has 20 heavy (non-hydrogen) atoms. The Bertz CT molecular complexity index is 718. The standard InChI is InChI=1S/C13H12BrFN2O2S/c14-12-6-5-11(7-13(12)15)20(18,19)17-8-9-1-3-10(16)4-2-9/h1-7,17H,8,16H2. The van der Waals surface area contributed by atoms with E-state index in [1.165, 1.54) is 12.1 Å². The van der Waals surface area contributed by atoms with Gasteiger partial charge in [-0.3, -0.25) is 0 Å². The predicted molar refractivity (Wildman–Crippen MR) is 79.0 cm³/mol. The number of hydrogen-bond donors (Lipinski definition) is 2. The minimum absolute atomic E-state index is 0.111. The summed E-state index contributed by atoms with van der Waals surface area (Å²) < 4.78 is 40.0. The molecule has 0 heterocycles. The Morgan fingerprint density at radius 1 is 1.15 bits per heavy atom. The molecule has 0 saturated heterocycles. The summed E-state index contributed by atoms with van der Waals surface area (Å²) in [6.07, 6.45) is 0. The van der Waals surface area contributed by atoms with Crippen LogP contribution in [0.1, 0.15) is 5.56 Å². The normalized spacial score (nSPS) is 11.5. The fourth-order valence-electron chi connectivity index (χ4n) is 1.54. The average Bonchev–Trinajstić information content (AvgIpc) is 2.41. The van der Waals surface area contributed by atoms with Gasteiger partial charge in [-0.25, -0.2) is 17.5 Å². The van der Waals surface area contributed by atoms with Crippen LogP contribution in [-0.2, 0) is 16.6 Å². The number of halogens is 2. The van der Waals surface area contributed by atoms with Gasteiger partial charge in [0.05, 0.1) is 9.37 Å². The van der Waals surface area contributed by atoms with Crippen molar-refractivity contribution < 1.29 is 12.8 Å². The highest BCUT2D eigenvalue weighted by Gasteiger charge is 2.15. The quantitative estimate of drug-likeness (QED) is 0.825. The summed E-state index contributed by atoms with van der Waals surface area (Å²) in [6.45, 7) is 0.111. The van der Waals surface area contributed by atoms with Crippen molar-refractivity contribution in [3.05, 3.63) is 58.3 Å². The van der Waals surface area contributed by atoms with E-state index in [9.17, 15) is 12.8 Å². The minimum Gasteiger partial charge on any atom is -0.399 e. The molecule has 0 amide bonds. The van der Waals surface area contributed by atoms with E-state index in [1.807, 2.05) is 0 Å². The molecular formula is C13H12BrFN2O2S. The summed E-state index contributed by atoms with van der Waals surface area (Å²) in [6, 6.07) is 10.5. The molecule has 106 valence electrons. The number of rotatable bonds is 4. The van der Waals surface area contributed by atoms with Crippen molar-refractivity contribution in [1.82, 2.24) is 4.72 Å². The Balaban J connectivity index is 2.14. The molecule has 2 aromatic rings. The van der Waals surface area contributed by atoms with Crippen LogP contribution in [0, 0.1) is 5.82 Å². The van der Waals surface area contributed by atoms with Gasteiger partial charge >= 0.3 is 0 Å². The number of benzene rings is 2. The van der Waals surface area contributed by atoms with E-state index >= 15 is 0 Å². The molecule has 0 spiro atoms. The Morgan fingerprint density at radius 2 is 1.80 bits per heavy atom. The molecule has 0 fully saturated rings. The third-order valence-corrected chi connectivity index (χ3v) is 4.69. The highest BCUT2D eigenvalue weighted by atomic mass is 79.9. The van der Waals surface area contributed by atoms with E-state index in [0.29, 0.717) is 5.69 Å². The first kappa shape index (κ1) is 15.0. The zero-order valence-electron chi connectivity index (χ0n) is 10.3. The first-order chi connectivity index (χ1) is 9.38. The lowest BCUT2D eigenvalue weighted by Crippen LogP contribution is -2.23. The summed E-state index contributed by atoms with van der Waals surface area (Å²) in [5.41, 5.74) is 6.91. The van der Waals surface area contributed by atoms with Crippen LogP contribution in [0.15, 0.2) is 51.8 Å². The van der Waals surface area contributed by atoms with Crippen LogP contribution in [0.2, 0.25) is 0 Å². The van der Waals surface area contributed by atoms with E-state index < -0.39 is 15.8 Å². The predicted octanol–water partition coefficient (Wildman–Crippen LogP) is 2.65. The van der Waals surface area contributed by atoms with E-state index in [2.05, 4.69) is 20.7 Å². The SMILES string of the molecule is Nc1ccc(CNS(=O)(=O)c2ccc(Br)c(F)c2)cc1. The number of anilines is 1. The number of nitrogens with one attached hydrogen (secondary N) is 1. The second-order valence-electron chi connectivity index (χ2n) is 4.14. The molecule has 0 saturated carbocycles. The van der Waals surface area contributed by atoms with Gasteiger partial charge in [0.2, 0.25) is 10.0 Å². The van der Waals surface area contributed by atoms with Gasteiger partial charge in [-0.2, -0.15) is 0 Å². The maximum absolute atomic E-state index is 13.4. The van der Waals surface area contributed by atoms with Gasteiger partial charge in [0.25, 0.3) is 0 Å². The molecule has 0 aliphatic carbocycles. The van der Waals surface area contributed by atoms with Crippen molar-refractivity contribution in [3.8, 4) is 0 Å². The highest BCUT2D eigenvalue weighted by molar-refractivity contribution is 9.10. The maximum Gasteiger partial charge on any atom is 0.240 e. The summed E-state index contributed by atoms with van der Waals surface area (Å²) in [5.74, 6) is -0.625. The molecule has 0 bridgehead atoms. The van der Waals surface area contributed by atoms with Crippen LogP contribution in [0.25, 0.3) is 0 Å². The summed E-state index contributed by atoms with van der Waals surface area (Å²) in [5, 5.41) is 0. The van der Waals surface area contributed by atoms with E-state index in [4.69, 9.17) is 5.73 Å². The molecule has 2 rings (SSSR count). The molecule has 0 unspecified atom stereocenters. The number of sulfonamides is 1. The van der Waals surface area contributed by atoms with E-state index in [-0.39, 0.29) is 15.9 Å². The van der Waals surface area contributed by atoms with Gasteiger partial charge in [-0.1, -0.05) is 12.1 Å². The van der Waals surface area contributed by atoms with Gasteiger partial charge in [-0.05, 0) is 51.8 Å². The first-order valence-electron chi connectivity index (χ1n) is 5.67.